The molecule has 0 saturated heterocycles. The number of aromatic nitrogens is 4. The maximum absolute atomic E-state index is 5.06. The Morgan fingerprint density at radius 2 is 1.18 bits per heavy atom. The number of hydrogen-bond acceptors (Lipinski definition) is 2. The fourth-order valence-corrected chi connectivity index (χ4v) is 7.06. The molecule has 10 rings (SSSR count). The van der Waals surface area contributed by atoms with Crippen LogP contribution in [0.15, 0.2) is 121 Å². The van der Waals surface area contributed by atoms with Gasteiger partial charge >= 0.3 is 0 Å². The molecular formula is C36H20N4. The molecule has 40 heavy (non-hydrogen) atoms. The fraction of sp³-hybridized carbons (Fsp3) is 0. The lowest BCUT2D eigenvalue weighted by Gasteiger charge is -2.08. The van der Waals surface area contributed by atoms with Crippen molar-refractivity contribution in [3.63, 3.8) is 0 Å². The Kier molecular flexibility index (Phi) is 3.65. The molecule has 0 aliphatic carbocycles. The first-order chi connectivity index (χ1) is 19.9. The second-order valence-electron chi connectivity index (χ2n) is 10.7. The fourth-order valence-electron chi connectivity index (χ4n) is 7.06. The highest BCUT2D eigenvalue weighted by atomic mass is 15.2. The van der Waals surface area contributed by atoms with E-state index >= 15 is 0 Å². The average Bonchev–Trinajstić information content (AvgIpc) is 3.65. The predicted molar refractivity (Wildman–Crippen MR) is 166 cm³/mol. The van der Waals surface area contributed by atoms with Crippen LogP contribution >= 0.6 is 0 Å². The largest absolute Gasteiger partial charge is 0.308 e. The third-order valence-electron chi connectivity index (χ3n) is 8.67. The molecule has 0 atom stereocenters. The molecule has 0 bridgehead atoms. The van der Waals surface area contributed by atoms with Crippen molar-refractivity contribution in [2.24, 2.45) is 0 Å². The number of rotatable bonds is 1. The Balaban J connectivity index is 1.53. The van der Waals surface area contributed by atoms with Crippen LogP contribution in [0.4, 0.5) is 0 Å². The lowest BCUT2D eigenvalue weighted by Crippen LogP contribution is -2.00. The number of para-hydroxylation sites is 3. The van der Waals surface area contributed by atoms with Gasteiger partial charge in [-0.05, 0) is 41.1 Å². The minimum Gasteiger partial charge on any atom is -0.308 e. The van der Waals surface area contributed by atoms with Crippen LogP contribution in [0.2, 0.25) is 0 Å². The minimum absolute atomic E-state index is 0.691. The number of fused-ring (bicyclic) bond motifs is 13. The second kappa shape index (κ2) is 7.13. The standard InChI is InChI=1S/C36H20N4/c1-3-11-23-21(9-1)17-18-30-32(23)34-33-25-13-5-8-16-29(25)40(36-37-20-22-10-2-6-14-27(22)38-36)31(33)19-26-24-12-4-7-15-28(24)39(30)35(26)34/h1-20H. The molecule has 0 saturated carbocycles. The molecule has 4 nitrogen and oxygen atoms in total. The molecule has 4 aromatic heterocycles. The molecule has 0 amide bonds. The van der Waals surface area contributed by atoms with Gasteiger partial charge in [0.2, 0.25) is 5.95 Å². The summed E-state index contributed by atoms with van der Waals surface area (Å²) in [6, 6.07) is 41.3. The van der Waals surface area contributed by atoms with Crippen LogP contribution < -0.4 is 0 Å². The molecule has 4 heterocycles. The van der Waals surface area contributed by atoms with Crippen LogP contribution in [0, 0.1) is 0 Å². The van der Waals surface area contributed by atoms with Crippen molar-refractivity contribution < 1.29 is 0 Å². The van der Waals surface area contributed by atoms with Gasteiger partial charge in [-0.1, -0.05) is 84.9 Å². The number of benzene rings is 6. The molecule has 6 aromatic carbocycles. The van der Waals surface area contributed by atoms with Crippen molar-refractivity contribution in [2.45, 2.75) is 0 Å². The Hall–Kier alpha value is -5.48. The Morgan fingerprint density at radius 1 is 0.475 bits per heavy atom. The second-order valence-corrected chi connectivity index (χ2v) is 10.7. The lowest BCUT2D eigenvalue weighted by atomic mass is 9.98. The maximum Gasteiger partial charge on any atom is 0.235 e. The van der Waals surface area contributed by atoms with Crippen molar-refractivity contribution in [1.29, 1.82) is 0 Å². The van der Waals surface area contributed by atoms with E-state index in [-0.39, 0.29) is 0 Å². The molecule has 0 fully saturated rings. The molecule has 0 aliphatic rings. The summed E-state index contributed by atoms with van der Waals surface area (Å²) in [7, 11) is 0. The van der Waals surface area contributed by atoms with E-state index < -0.39 is 0 Å². The third kappa shape index (κ3) is 2.38. The summed E-state index contributed by atoms with van der Waals surface area (Å²) in [6.07, 6.45) is 1.94. The predicted octanol–water partition coefficient (Wildman–Crippen LogP) is 9.03. The summed E-state index contributed by atoms with van der Waals surface area (Å²) < 4.78 is 4.72. The highest BCUT2D eigenvalue weighted by molar-refractivity contribution is 6.38. The van der Waals surface area contributed by atoms with Crippen LogP contribution in [0.25, 0.3) is 87.5 Å². The van der Waals surface area contributed by atoms with Gasteiger partial charge in [0.1, 0.15) is 0 Å². The first-order valence-electron chi connectivity index (χ1n) is 13.6. The molecular weight excluding hydrogens is 488 g/mol. The summed E-state index contributed by atoms with van der Waals surface area (Å²) in [5.41, 5.74) is 6.94. The highest BCUT2D eigenvalue weighted by Crippen LogP contribution is 2.47. The Morgan fingerprint density at radius 3 is 2.08 bits per heavy atom. The minimum atomic E-state index is 0.691. The van der Waals surface area contributed by atoms with Gasteiger partial charge in [-0.25, -0.2) is 9.97 Å². The van der Waals surface area contributed by atoms with Crippen molar-refractivity contribution >= 4 is 81.6 Å². The number of hydrogen-bond donors (Lipinski definition) is 0. The van der Waals surface area contributed by atoms with Crippen LogP contribution in [0.3, 0.4) is 0 Å². The van der Waals surface area contributed by atoms with E-state index in [1.54, 1.807) is 0 Å². The van der Waals surface area contributed by atoms with Gasteiger partial charge in [0.25, 0.3) is 0 Å². The SMILES string of the molecule is c1ccc2nc(-n3c4ccccc4c4c5c6c7ccccc7ccc6n6c7ccccc7c(cc43)c56)ncc2c1. The van der Waals surface area contributed by atoms with Gasteiger partial charge in [-0.15, -0.1) is 0 Å². The monoisotopic (exact) mass is 508 g/mol. The van der Waals surface area contributed by atoms with Gasteiger partial charge < -0.3 is 4.40 Å². The topological polar surface area (TPSA) is 35.1 Å². The summed E-state index contributed by atoms with van der Waals surface area (Å²) in [5.74, 6) is 0.691. The number of nitrogens with zero attached hydrogens (tertiary/aromatic N) is 4. The molecule has 0 radical (unpaired) electrons. The normalized spacial score (nSPS) is 12.5. The van der Waals surface area contributed by atoms with Crippen molar-refractivity contribution in [2.75, 3.05) is 0 Å². The molecule has 4 heteroatoms. The van der Waals surface area contributed by atoms with E-state index in [1.807, 2.05) is 18.3 Å². The zero-order valence-electron chi connectivity index (χ0n) is 21.3. The van der Waals surface area contributed by atoms with Gasteiger partial charge in [0, 0.05) is 43.9 Å². The van der Waals surface area contributed by atoms with Crippen molar-refractivity contribution in [1.82, 2.24) is 18.9 Å². The molecule has 184 valence electrons. The Bertz CT molecular complexity index is 2660. The van der Waals surface area contributed by atoms with Gasteiger partial charge in [0.05, 0.1) is 33.1 Å². The Labute approximate surface area is 227 Å². The molecule has 0 aliphatic heterocycles. The van der Waals surface area contributed by atoms with Gasteiger partial charge in [-0.3, -0.25) is 4.57 Å². The van der Waals surface area contributed by atoms with Crippen LogP contribution in [-0.4, -0.2) is 18.9 Å². The molecule has 0 unspecified atom stereocenters. The smallest absolute Gasteiger partial charge is 0.235 e. The molecule has 0 N–H and O–H groups in total. The van der Waals surface area contributed by atoms with Crippen LogP contribution in [-0.2, 0) is 0 Å². The van der Waals surface area contributed by atoms with Gasteiger partial charge in [-0.2, -0.15) is 0 Å². The average molecular weight is 509 g/mol. The maximum atomic E-state index is 5.06. The summed E-state index contributed by atoms with van der Waals surface area (Å²) in [5, 5.41) is 11.1. The zero-order chi connectivity index (χ0) is 25.9. The van der Waals surface area contributed by atoms with E-state index in [0.717, 1.165) is 21.9 Å². The third-order valence-corrected chi connectivity index (χ3v) is 8.67. The van der Waals surface area contributed by atoms with E-state index in [2.05, 4.69) is 112 Å². The van der Waals surface area contributed by atoms with Crippen LogP contribution in [0.5, 0.6) is 0 Å². The molecule has 0 spiro atoms. The first kappa shape index (κ1) is 20.5. The van der Waals surface area contributed by atoms with E-state index in [1.165, 1.54) is 59.6 Å². The molecule has 10 aromatic rings. The summed E-state index contributed by atoms with van der Waals surface area (Å²) in [4.78, 5) is 9.95. The van der Waals surface area contributed by atoms with E-state index in [4.69, 9.17) is 9.97 Å². The summed E-state index contributed by atoms with van der Waals surface area (Å²) in [6.45, 7) is 0. The quantitative estimate of drug-likeness (QED) is 0.222. The van der Waals surface area contributed by atoms with Gasteiger partial charge in [0.15, 0.2) is 0 Å². The van der Waals surface area contributed by atoms with E-state index in [9.17, 15) is 0 Å². The summed E-state index contributed by atoms with van der Waals surface area (Å²) >= 11 is 0. The highest BCUT2D eigenvalue weighted by Gasteiger charge is 2.25. The van der Waals surface area contributed by atoms with Crippen LogP contribution in [0.1, 0.15) is 0 Å². The lowest BCUT2D eigenvalue weighted by molar-refractivity contribution is 1.01. The first-order valence-corrected chi connectivity index (χ1v) is 13.6. The van der Waals surface area contributed by atoms with Crippen molar-refractivity contribution in [3.8, 4) is 5.95 Å². The van der Waals surface area contributed by atoms with Crippen molar-refractivity contribution in [3.05, 3.63) is 121 Å². The zero-order valence-corrected chi connectivity index (χ0v) is 21.3. The van der Waals surface area contributed by atoms with E-state index in [0.29, 0.717) is 5.95 Å².